The van der Waals surface area contributed by atoms with Gasteiger partial charge in [0.1, 0.15) is 6.10 Å². The molecule has 1 atom stereocenters. The summed E-state index contributed by atoms with van der Waals surface area (Å²) in [4.78, 5) is 0. The van der Waals surface area contributed by atoms with E-state index in [4.69, 9.17) is 6.42 Å². The standard InChI is InChI=1S/C10H9BrO/c1-3-10(12)8-5-4-7(2)6-9(8)11/h1,4-6,10,12H,2H3/t10-/m0/s1. The Kier molecular flexibility index (Phi) is 2.91. The Morgan fingerprint density at radius 3 is 2.75 bits per heavy atom. The Morgan fingerprint density at radius 2 is 2.25 bits per heavy atom. The van der Waals surface area contributed by atoms with Crippen molar-refractivity contribution in [3.05, 3.63) is 33.8 Å². The number of aliphatic hydroxyl groups excluding tert-OH is 1. The molecule has 1 aromatic rings. The second-order valence-corrected chi connectivity index (χ2v) is 3.45. The van der Waals surface area contributed by atoms with Gasteiger partial charge in [-0.3, -0.25) is 0 Å². The summed E-state index contributed by atoms with van der Waals surface area (Å²) >= 11 is 3.33. The molecule has 1 N–H and O–H groups in total. The summed E-state index contributed by atoms with van der Waals surface area (Å²) < 4.78 is 0.855. The molecule has 1 aromatic carbocycles. The van der Waals surface area contributed by atoms with Crippen molar-refractivity contribution in [1.29, 1.82) is 0 Å². The van der Waals surface area contributed by atoms with Crippen LogP contribution in [0.3, 0.4) is 0 Å². The van der Waals surface area contributed by atoms with Crippen molar-refractivity contribution in [3.8, 4) is 12.3 Å². The van der Waals surface area contributed by atoms with Crippen molar-refractivity contribution < 1.29 is 5.11 Å². The minimum Gasteiger partial charge on any atom is -0.376 e. The monoisotopic (exact) mass is 224 g/mol. The maximum atomic E-state index is 9.33. The number of halogens is 1. The first-order chi connectivity index (χ1) is 5.65. The van der Waals surface area contributed by atoms with Gasteiger partial charge in [0.05, 0.1) is 0 Å². The molecule has 0 bridgehead atoms. The van der Waals surface area contributed by atoms with Gasteiger partial charge in [-0.15, -0.1) is 6.42 Å². The van der Waals surface area contributed by atoms with E-state index in [1.807, 2.05) is 25.1 Å². The zero-order valence-electron chi connectivity index (χ0n) is 6.71. The van der Waals surface area contributed by atoms with Crippen LogP contribution in [0.15, 0.2) is 22.7 Å². The topological polar surface area (TPSA) is 20.2 Å². The van der Waals surface area contributed by atoms with Crippen LogP contribution in [0.2, 0.25) is 0 Å². The molecule has 0 fully saturated rings. The van der Waals surface area contributed by atoms with E-state index in [-0.39, 0.29) is 0 Å². The van der Waals surface area contributed by atoms with Crippen LogP contribution in [0, 0.1) is 19.3 Å². The lowest BCUT2D eigenvalue weighted by molar-refractivity contribution is 0.238. The van der Waals surface area contributed by atoms with E-state index in [0.29, 0.717) is 0 Å². The van der Waals surface area contributed by atoms with Gasteiger partial charge in [0.2, 0.25) is 0 Å². The molecule has 0 aliphatic rings. The SMILES string of the molecule is C#C[C@H](O)c1ccc(C)cc1Br. The highest BCUT2D eigenvalue weighted by atomic mass is 79.9. The average Bonchev–Trinajstić information content (AvgIpc) is 2.03. The zero-order valence-corrected chi connectivity index (χ0v) is 8.30. The quantitative estimate of drug-likeness (QED) is 0.727. The van der Waals surface area contributed by atoms with Crippen molar-refractivity contribution in [2.75, 3.05) is 0 Å². The third kappa shape index (κ3) is 1.88. The lowest BCUT2D eigenvalue weighted by Gasteiger charge is -2.06. The summed E-state index contributed by atoms with van der Waals surface area (Å²) in [5.74, 6) is 2.27. The van der Waals surface area contributed by atoms with E-state index in [9.17, 15) is 5.11 Å². The van der Waals surface area contributed by atoms with Crippen molar-refractivity contribution in [2.45, 2.75) is 13.0 Å². The van der Waals surface area contributed by atoms with E-state index >= 15 is 0 Å². The highest BCUT2D eigenvalue weighted by Gasteiger charge is 2.06. The third-order valence-electron chi connectivity index (χ3n) is 1.61. The fraction of sp³-hybridized carbons (Fsp3) is 0.200. The minimum atomic E-state index is -0.819. The van der Waals surface area contributed by atoms with Crippen LogP contribution in [-0.4, -0.2) is 5.11 Å². The number of terminal acetylenes is 1. The molecule has 62 valence electrons. The molecule has 0 aliphatic carbocycles. The van der Waals surface area contributed by atoms with Crippen LogP contribution in [0.5, 0.6) is 0 Å². The van der Waals surface area contributed by atoms with Gasteiger partial charge in [-0.2, -0.15) is 0 Å². The highest BCUT2D eigenvalue weighted by molar-refractivity contribution is 9.10. The molecule has 0 heterocycles. The van der Waals surface area contributed by atoms with Crippen LogP contribution >= 0.6 is 15.9 Å². The Labute approximate surface area is 80.6 Å². The lowest BCUT2D eigenvalue weighted by atomic mass is 10.1. The van der Waals surface area contributed by atoms with Crippen molar-refractivity contribution in [2.24, 2.45) is 0 Å². The molecule has 0 amide bonds. The molecule has 12 heavy (non-hydrogen) atoms. The predicted octanol–water partition coefficient (Wildman–Crippen LogP) is 2.42. The zero-order chi connectivity index (χ0) is 9.14. The molecule has 0 spiro atoms. The maximum Gasteiger partial charge on any atom is 0.141 e. The summed E-state index contributed by atoms with van der Waals surface area (Å²) in [6.07, 6.45) is 4.27. The molecule has 0 radical (unpaired) electrons. The minimum absolute atomic E-state index is 0.739. The fourth-order valence-electron chi connectivity index (χ4n) is 0.944. The summed E-state index contributed by atoms with van der Waals surface area (Å²) in [5, 5.41) is 9.33. The van der Waals surface area contributed by atoms with Gasteiger partial charge < -0.3 is 5.11 Å². The van der Waals surface area contributed by atoms with Crippen LogP contribution in [0.25, 0.3) is 0 Å². The summed E-state index contributed by atoms with van der Waals surface area (Å²) in [7, 11) is 0. The molecule has 0 aromatic heterocycles. The van der Waals surface area contributed by atoms with Gasteiger partial charge in [-0.1, -0.05) is 34.0 Å². The van der Waals surface area contributed by atoms with Crippen LogP contribution in [-0.2, 0) is 0 Å². The Balaban J connectivity index is 3.11. The summed E-state index contributed by atoms with van der Waals surface area (Å²) in [5.41, 5.74) is 1.87. The first-order valence-electron chi connectivity index (χ1n) is 3.55. The average molecular weight is 225 g/mol. The molecule has 0 saturated carbocycles. The van der Waals surface area contributed by atoms with Crippen LogP contribution in [0.4, 0.5) is 0 Å². The molecule has 1 nitrogen and oxygen atoms in total. The number of rotatable bonds is 1. The number of hydrogen-bond donors (Lipinski definition) is 1. The number of hydrogen-bond acceptors (Lipinski definition) is 1. The first kappa shape index (κ1) is 9.31. The number of benzene rings is 1. The van der Waals surface area contributed by atoms with E-state index in [0.717, 1.165) is 15.6 Å². The molecule has 0 aliphatic heterocycles. The van der Waals surface area contributed by atoms with Gasteiger partial charge in [-0.25, -0.2) is 0 Å². The predicted molar refractivity (Wildman–Crippen MR) is 52.7 cm³/mol. The summed E-state index contributed by atoms with van der Waals surface area (Å²) in [6, 6.07) is 5.67. The first-order valence-corrected chi connectivity index (χ1v) is 4.34. The van der Waals surface area contributed by atoms with Crippen molar-refractivity contribution >= 4 is 15.9 Å². The third-order valence-corrected chi connectivity index (χ3v) is 2.30. The Morgan fingerprint density at radius 1 is 1.58 bits per heavy atom. The highest BCUT2D eigenvalue weighted by Crippen LogP contribution is 2.23. The van der Waals surface area contributed by atoms with E-state index in [2.05, 4.69) is 21.9 Å². The summed E-state index contributed by atoms with van der Waals surface area (Å²) in [6.45, 7) is 1.98. The largest absolute Gasteiger partial charge is 0.376 e. The molecule has 1 rings (SSSR count). The van der Waals surface area contributed by atoms with E-state index in [1.54, 1.807) is 0 Å². The molecule has 2 heteroatoms. The fourth-order valence-corrected chi connectivity index (χ4v) is 1.65. The van der Waals surface area contributed by atoms with Gasteiger partial charge in [-0.05, 0) is 18.6 Å². The molecule has 0 unspecified atom stereocenters. The maximum absolute atomic E-state index is 9.33. The molecular formula is C10H9BrO. The van der Waals surface area contributed by atoms with Crippen molar-refractivity contribution in [1.82, 2.24) is 0 Å². The molecule has 0 saturated heterocycles. The second-order valence-electron chi connectivity index (χ2n) is 2.59. The number of aliphatic hydroxyl groups is 1. The van der Waals surface area contributed by atoms with E-state index < -0.39 is 6.10 Å². The van der Waals surface area contributed by atoms with Gasteiger partial charge in [0.25, 0.3) is 0 Å². The Hall–Kier alpha value is -0.780. The van der Waals surface area contributed by atoms with Crippen LogP contribution in [0.1, 0.15) is 17.2 Å². The smallest absolute Gasteiger partial charge is 0.141 e. The van der Waals surface area contributed by atoms with Gasteiger partial charge >= 0.3 is 0 Å². The number of aryl methyl sites for hydroxylation is 1. The second kappa shape index (κ2) is 3.75. The van der Waals surface area contributed by atoms with Gasteiger partial charge in [0.15, 0.2) is 0 Å². The Bertz CT molecular complexity index is 325. The van der Waals surface area contributed by atoms with Crippen LogP contribution < -0.4 is 0 Å². The normalized spacial score (nSPS) is 12.2. The molecular weight excluding hydrogens is 216 g/mol. The lowest BCUT2D eigenvalue weighted by Crippen LogP contribution is -1.94. The van der Waals surface area contributed by atoms with Crippen molar-refractivity contribution in [3.63, 3.8) is 0 Å². The van der Waals surface area contributed by atoms with Gasteiger partial charge in [0, 0.05) is 10.0 Å². The van der Waals surface area contributed by atoms with E-state index in [1.165, 1.54) is 0 Å².